The van der Waals surface area contributed by atoms with Crippen molar-refractivity contribution in [3.8, 4) is 17.3 Å². The zero-order valence-electron chi connectivity index (χ0n) is 16.4. The van der Waals surface area contributed by atoms with Gasteiger partial charge in [0.2, 0.25) is 5.95 Å². The normalized spacial score (nSPS) is 18.7. The third-order valence-electron chi connectivity index (χ3n) is 4.75. The monoisotopic (exact) mass is 389 g/mol. The summed E-state index contributed by atoms with van der Waals surface area (Å²) in [7, 11) is 1.65. The van der Waals surface area contributed by atoms with Crippen molar-refractivity contribution in [1.29, 1.82) is 5.26 Å². The Morgan fingerprint density at radius 1 is 1.34 bits per heavy atom. The molecule has 1 aliphatic carbocycles. The van der Waals surface area contributed by atoms with Gasteiger partial charge in [-0.3, -0.25) is 9.79 Å². The van der Waals surface area contributed by atoms with Crippen LogP contribution in [-0.2, 0) is 0 Å². The molecule has 1 aromatic heterocycles. The highest BCUT2D eigenvalue weighted by Crippen LogP contribution is 2.27. The van der Waals surface area contributed by atoms with E-state index in [0.29, 0.717) is 17.2 Å². The number of rotatable bonds is 6. The average molecular weight is 389 g/mol. The average Bonchev–Trinajstić information content (AvgIpc) is 2.71. The van der Waals surface area contributed by atoms with Crippen LogP contribution in [0.1, 0.15) is 28.8 Å². The van der Waals surface area contributed by atoms with Crippen LogP contribution in [0.4, 0.5) is 5.95 Å². The van der Waals surface area contributed by atoms with Crippen molar-refractivity contribution in [1.82, 2.24) is 15.3 Å². The van der Waals surface area contributed by atoms with Gasteiger partial charge in [0.05, 0.1) is 23.4 Å². The van der Waals surface area contributed by atoms with E-state index in [1.54, 1.807) is 31.6 Å². The van der Waals surface area contributed by atoms with Gasteiger partial charge in [-0.05, 0) is 37.5 Å². The molecular weight excluding hydrogens is 366 g/mol. The molecule has 1 aromatic carbocycles. The highest BCUT2D eigenvalue weighted by Gasteiger charge is 2.30. The van der Waals surface area contributed by atoms with Crippen molar-refractivity contribution in [2.75, 3.05) is 12.4 Å². The number of nitrogens with one attached hydrogen (secondary N) is 2. The predicted molar refractivity (Wildman–Crippen MR) is 112 cm³/mol. The number of aryl methyl sites for hydroxylation is 1. The first-order chi connectivity index (χ1) is 14.0. The minimum atomic E-state index is -0.128. The van der Waals surface area contributed by atoms with Gasteiger partial charge < -0.3 is 16.4 Å². The number of carbonyl (C=O) groups is 1. The first-order valence-corrected chi connectivity index (χ1v) is 9.29. The van der Waals surface area contributed by atoms with Crippen molar-refractivity contribution in [2.24, 2.45) is 16.6 Å². The molecule has 29 heavy (non-hydrogen) atoms. The summed E-state index contributed by atoms with van der Waals surface area (Å²) < 4.78 is 0. The molecule has 0 atom stereocenters. The minimum Gasteiger partial charge on any atom is -0.403 e. The molecule has 1 heterocycles. The lowest BCUT2D eigenvalue weighted by atomic mass is 9.81. The Morgan fingerprint density at radius 3 is 2.69 bits per heavy atom. The SMILES string of the molecule is CN=C/C(=C\N)Nc1ncc(C)c(-c2ccc(C(=O)NC3CC(C#N)C3)cc2)n1. The summed E-state index contributed by atoms with van der Waals surface area (Å²) in [6, 6.07) is 9.57. The molecule has 1 saturated carbocycles. The third-order valence-corrected chi connectivity index (χ3v) is 4.75. The Balaban J connectivity index is 1.73. The van der Waals surface area contributed by atoms with Crippen LogP contribution in [0, 0.1) is 24.2 Å². The Kier molecular flexibility index (Phi) is 6.19. The number of anilines is 1. The molecule has 8 heteroatoms. The molecular formula is C21H23N7O. The molecule has 0 unspecified atom stereocenters. The van der Waals surface area contributed by atoms with E-state index in [0.717, 1.165) is 29.7 Å². The highest BCUT2D eigenvalue weighted by atomic mass is 16.1. The quantitative estimate of drug-likeness (QED) is 0.651. The van der Waals surface area contributed by atoms with Gasteiger partial charge in [-0.1, -0.05) is 12.1 Å². The number of hydrogen-bond donors (Lipinski definition) is 3. The van der Waals surface area contributed by atoms with Crippen LogP contribution in [0.2, 0.25) is 0 Å². The van der Waals surface area contributed by atoms with Gasteiger partial charge in [-0.2, -0.15) is 5.26 Å². The van der Waals surface area contributed by atoms with E-state index in [4.69, 9.17) is 11.0 Å². The molecule has 2 aromatic rings. The summed E-state index contributed by atoms with van der Waals surface area (Å²) in [5.74, 6) is 0.335. The van der Waals surface area contributed by atoms with E-state index in [2.05, 4.69) is 31.7 Å². The van der Waals surface area contributed by atoms with Crippen LogP contribution in [0.15, 0.2) is 47.4 Å². The van der Waals surface area contributed by atoms with Crippen molar-refractivity contribution in [2.45, 2.75) is 25.8 Å². The lowest BCUT2D eigenvalue weighted by Gasteiger charge is -2.31. The number of nitriles is 1. The zero-order valence-corrected chi connectivity index (χ0v) is 16.4. The molecule has 4 N–H and O–H groups in total. The van der Waals surface area contributed by atoms with E-state index >= 15 is 0 Å². The maximum atomic E-state index is 12.4. The molecule has 0 radical (unpaired) electrons. The summed E-state index contributed by atoms with van der Waals surface area (Å²) in [5, 5.41) is 14.8. The van der Waals surface area contributed by atoms with Crippen LogP contribution in [0.25, 0.3) is 11.3 Å². The van der Waals surface area contributed by atoms with Crippen molar-refractivity contribution in [3.63, 3.8) is 0 Å². The molecule has 8 nitrogen and oxygen atoms in total. The fourth-order valence-corrected chi connectivity index (χ4v) is 3.07. The fraction of sp³-hybridized carbons (Fsp3) is 0.286. The summed E-state index contributed by atoms with van der Waals surface area (Å²) >= 11 is 0. The number of benzene rings is 1. The van der Waals surface area contributed by atoms with Crippen LogP contribution < -0.4 is 16.4 Å². The standard InChI is InChI=1S/C21H23N7O/c1-13-11-25-21(27-18(10-23)12-24-2)28-19(13)15-3-5-16(6-4-15)20(29)26-17-7-14(8-17)9-22/h3-6,10-12,14,17H,7-8,23H2,1-2H3,(H,26,29)(H,25,27,28)/b18-10+,24-12?. The molecule has 1 fully saturated rings. The first-order valence-electron chi connectivity index (χ1n) is 9.29. The molecule has 1 amide bonds. The molecule has 0 aliphatic heterocycles. The highest BCUT2D eigenvalue weighted by molar-refractivity contribution is 5.95. The number of hydrogen-bond acceptors (Lipinski definition) is 7. The molecule has 0 bridgehead atoms. The van der Waals surface area contributed by atoms with Crippen molar-refractivity contribution in [3.05, 3.63) is 53.5 Å². The summed E-state index contributed by atoms with van der Waals surface area (Å²) in [6.45, 7) is 1.93. The second-order valence-electron chi connectivity index (χ2n) is 6.90. The van der Waals surface area contributed by atoms with E-state index in [9.17, 15) is 4.79 Å². The predicted octanol–water partition coefficient (Wildman–Crippen LogP) is 2.40. The maximum Gasteiger partial charge on any atom is 0.251 e. The van der Waals surface area contributed by atoms with E-state index in [1.807, 2.05) is 19.1 Å². The van der Waals surface area contributed by atoms with Crippen LogP contribution in [-0.4, -0.2) is 35.2 Å². The number of nitrogens with zero attached hydrogens (tertiary/aromatic N) is 4. The van der Waals surface area contributed by atoms with Gasteiger partial charge in [0.25, 0.3) is 5.91 Å². The van der Waals surface area contributed by atoms with E-state index in [1.165, 1.54) is 6.20 Å². The van der Waals surface area contributed by atoms with Crippen LogP contribution in [0.5, 0.6) is 0 Å². The van der Waals surface area contributed by atoms with Crippen LogP contribution in [0.3, 0.4) is 0 Å². The number of allylic oxidation sites excluding steroid dienone is 1. The molecule has 0 saturated heterocycles. The van der Waals surface area contributed by atoms with E-state index in [-0.39, 0.29) is 17.9 Å². The zero-order chi connectivity index (χ0) is 20.8. The molecule has 1 aliphatic rings. The Labute approximate surface area is 169 Å². The van der Waals surface area contributed by atoms with Gasteiger partial charge >= 0.3 is 0 Å². The third kappa shape index (κ3) is 4.76. The maximum absolute atomic E-state index is 12.4. The summed E-state index contributed by atoms with van der Waals surface area (Å²) in [6.07, 6.45) is 6.14. The smallest absolute Gasteiger partial charge is 0.251 e. The number of amides is 1. The molecule has 3 rings (SSSR count). The van der Waals surface area contributed by atoms with Gasteiger partial charge in [0.1, 0.15) is 0 Å². The fourth-order valence-electron chi connectivity index (χ4n) is 3.07. The number of aromatic nitrogens is 2. The van der Waals surface area contributed by atoms with Crippen molar-refractivity contribution >= 4 is 18.1 Å². The lowest BCUT2D eigenvalue weighted by Crippen LogP contribution is -2.43. The van der Waals surface area contributed by atoms with E-state index < -0.39 is 0 Å². The Hall–Kier alpha value is -3.73. The van der Waals surface area contributed by atoms with Gasteiger partial charge in [0, 0.05) is 42.8 Å². The Bertz CT molecular complexity index is 983. The second kappa shape index (κ2) is 8.97. The van der Waals surface area contributed by atoms with Crippen LogP contribution >= 0.6 is 0 Å². The van der Waals surface area contributed by atoms with Gasteiger partial charge in [0.15, 0.2) is 0 Å². The topological polar surface area (TPSA) is 129 Å². The number of nitrogens with two attached hydrogens (primary N) is 1. The molecule has 148 valence electrons. The van der Waals surface area contributed by atoms with Gasteiger partial charge in [-0.25, -0.2) is 9.97 Å². The largest absolute Gasteiger partial charge is 0.403 e. The Morgan fingerprint density at radius 2 is 2.07 bits per heavy atom. The summed E-state index contributed by atoms with van der Waals surface area (Å²) in [5.41, 5.74) is 9.28. The minimum absolute atomic E-state index is 0.0597. The summed E-state index contributed by atoms with van der Waals surface area (Å²) in [4.78, 5) is 25.1. The van der Waals surface area contributed by atoms with Gasteiger partial charge in [-0.15, -0.1) is 0 Å². The van der Waals surface area contributed by atoms with Crippen molar-refractivity contribution < 1.29 is 4.79 Å². The first kappa shape index (κ1) is 20.0. The number of aliphatic imine (C=N–C) groups is 1. The number of carbonyl (C=O) groups excluding carboxylic acids is 1. The lowest BCUT2D eigenvalue weighted by molar-refractivity contribution is 0.0904. The second-order valence-corrected chi connectivity index (χ2v) is 6.90. The molecule has 0 spiro atoms.